The molecule has 2 unspecified atom stereocenters. The molecule has 2 atom stereocenters. The Labute approximate surface area is 183 Å². The third kappa shape index (κ3) is 5.06. The van der Waals surface area contributed by atoms with Crippen LogP contribution in [-0.4, -0.2) is 57.2 Å². The number of aliphatic imine (C=N–C) groups is 1. The standard InChI is InChI=1S/C21H27N3O3.HI/c1-15-13-24(14-18(15)20(25)26-3)21(22-2)23-11-12-27-19-10-6-8-16-7-4-5-9-17(16)19;/h4-10,15,18H,11-14H2,1-3H3,(H,22,23);1H. The van der Waals surface area contributed by atoms with Crippen molar-refractivity contribution in [3.05, 3.63) is 42.5 Å². The van der Waals surface area contributed by atoms with Crippen LogP contribution in [0.2, 0.25) is 0 Å². The second-order valence-electron chi connectivity index (χ2n) is 6.81. The number of halogens is 1. The van der Waals surface area contributed by atoms with E-state index in [-0.39, 0.29) is 41.8 Å². The van der Waals surface area contributed by atoms with Gasteiger partial charge in [0.2, 0.25) is 0 Å². The maximum atomic E-state index is 11.9. The fraction of sp³-hybridized carbons (Fsp3) is 0.429. The van der Waals surface area contributed by atoms with Gasteiger partial charge in [0.25, 0.3) is 0 Å². The number of guanidine groups is 1. The number of carbonyl (C=O) groups is 1. The molecular weight excluding hydrogens is 469 g/mol. The molecule has 0 saturated carbocycles. The highest BCUT2D eigenvalue weighted by Crippen LogP contribution is 2.25. The summed E-state index contributed by atoms with van der Waals surface area (Å²) in [6.45, 7) is 4.63. The Morgan fingerprint density at radius 1 is 1.21 bits per heavy atom. The van der Waals surface area contributed by atoms with Gasteiger partial charge in [0, 0.05) is 25.5 Å². The zero-order valence-corrected chi connectivity index (χ0v) is 18.9. The first-order valence-electron chi connectivity index (χ1n) is 9.28. The number of methoxy groups -OCH3 is 1. The Morgan fingerprint density at radius 3 is 2.71 bits per heavy atom. The Morgan fingerprint density at radius 2 is 1.96 bits per heavy atom. The zero-order valence-electron chi connectivity index (χ0n) is 16.6. The second-order valence-corrected chi connectivity index (χ2v) is 6.81. The number of fused-ring (bicyclic) bond motifs is 1. The van der Waals surface area contributed by atoms with Crippen LogP contribution >= 0.6 is 24.0 Å². The SMILES string of the molecule is CN=C(NCCOc1cccc2ccccc12)N1CC(C)C(C(=O)OC)C1.I. The van der Waals surface area contributed by atoms with Crippen molar-refractivity contribution < 1.29 is 14.3 Å². The number of carbonyl (C=O) groups excluding carboxylic acids is 1. The minimum absolute atomic E-state index is 0. The van der Waals surface area contributed by atoms with Crippen LogP contribution < -0.4 is 10.1 Å². The lowest BCUT2D eigenvalue weighted by molar-refractivity contribution is -0.145. The first-order chi connectivity index (χ1) is 13.1. The van der Waals surface area contributed by atoms with Crippen LogP contribution in [0.5, 0.6) is 5.75 Å². The number of nitrogens with one attached hydrogen (secondary N) is 1. The van der Waals surface area contributed by atoms with Gasteiger partial charge in [0.15, 0.2) is 5.96 Å². The molecule has 2 aromatic rings. The lowest BCUT2D eigenvalue weighted by Crippen LogP contribution is -2.42. The number of likely N-dealkylation sites (tertiary alicyclic amines) is 1. The van der Waals surface area contributed by atoms with Crippen molar-refractivity contribution in [2.45, 2.75) is 6.92 Å². The van der Waals surface area contributed by atoms with Gasteiger partial charge < -0.3 is 19.7 Å². The van der Waals surface area contributed by atoms with E-state index in [1.807, 2.05) is 24.3 Å². The number of nitrogens with zero attached hydrogens (tertiary/aromatic N) is 2. The Hall–Kier alpha value is -2.03. The van der Waals surface area contributed by atoms with Crippen LogP contribution in [0.15, 0.2) is 47.5 Å². The van der Waals surface area contributed by atoms with Crippen molar-refractivity contribution in [3.63, 3.8) is 0 Å². The van der Waals surface area contributed by atoms with E-state index >= 15 is 0 Å². The average Bonchev–Trinajstić information content (AvgIpc) is 3.09. The number of hydrogen-bond donors (Lipinski definition) is 1. The summed E-state index contributed by atoms with van der Waals surface area (Å²) in [6, 6.07) is 14.2. The summed E-state index contributed by atoms with van der Waals surface area (Å²) in [4.78, 5) is 18.3. The molecule has 1 aliphatic heterocycles. The van der Waals surface area contributed by atoms with Crippen molar-refractivity contribution in [3.8, 4) is 5.75 Å². The number of rotatable bonds is 5. The second kappa shape index (κ2) is 10.5. The molecule has 0 aromatic heterocycles. The molecule has 0 spiro atoms. The van der Waals surface area contributed by atoms with Gasteiger partial charge in [-0.25, -0.2) is 0 Å². The Balaban J connectivity index is 0.00000280. The van der Waals surface area contributed by atoms with E-state index in [1.165, 1.54) is 12.5 Å². The molecule has 1 aliphatic rings. The quantitative estimate of drug-likeness (QED) is 0.226. The molecule has 6 nitrogen and oxygen atoms in total. The van der Waals surface area contributed by atoms with Gasteiger partial charge in [-0.2, -0.15) is 0 Å². The molecule has 3 rings (SSSR count). The highest BCUT2D eigenvalue weighted by atomic mass is 127. The number of hydrogen-bond acceptors (Lipinski definition) is 4. The molecular formula is C21H28IN3O3. The molecule has 0 amide bonds. The van der Waals surface area contributed by atoms with Gasteiger partial charge in [0.1, 0.15) is 12.4 Å². The van der Waals surface area contributed by atoms with Crippen molar-refractivity contribution >= 4 is 46.7 Å². The van der Waals surface area contributed by atoms with E-state index in [2.05, 4.69) is 40.3 Å². The topological polar surface area (TPSA) is 63.2 Å². The van der Waals surface area contributed by atoms with Gasteiger partial charge in [-0.3, -0.25) is 9.79 Å². The van der Waals surface area contributed by atoms with Crippen LogP contribution in [0, 0.1) is 11.8 Å². The summed E-state index contributed by atoms with van der Waals surface area (Å²) in [5, 5.41) is 5.60. The highest BCUT2D eigenvalue weighted by molar-refractivity contribution is 14.0. The van der Waals surface area contributed by atoms with Gasteiger partial charge in [-0.1, -0.05) is 43.3 Å². The maximum absolute atomic E-state index is 11.9. The molecule has 7 heteroatoms. The zero-order chi connectivity index (χ0) is 19.2. The smallest absolute Gasteiger partial charge is 0.310 e. The van der Waals surface area contributed by atoms with E-state index in [0.29, 0.717) is 19.7 Å². The molecule has 152 valence electrons. The predicted molar refractivity (Wildman–Crippen MR) is 122 cm³/mol. The highest BCUT2D eigenvalue weighted by Gasteiger charge is 2.36. The van der Waals surface area contributed by atoms with E-state index < -0.39 is 0 Å². The summed E-state index contributed by atoms with van der Waals surface area (Å²) in [7, 11) is 3.19. The molecule has 28 heavy (non-hydrogen) atoms. The molecule has 1 fully saturated rings. The summed E-state index contributed by atoms with van der Waals surface area (Å²) in [6.07, 6.45) is 0. The van der Waals surface area contributed by atoms with Gasteiger partial charge in [-0.05, 0) is 17.4 Å². The monoisotopic (exact) mass is 497 g/mol. The summed E-state index contributed by atoms with van der Waals surface area (Å²) >= 11 is 0. The number of benzene rings is 2. The maximum Gasteiger partial charge on any atom is 0.310 e. The average molecular weight is 497 g/mol. The molecule has 0 aliphatic carbocycles. The van der Waals surface area contributed by atoms with Crippen molar-refractivity contribution in [1.29, 1.82) is 0 Å². The largest absolute Gasteiger partial charge is 0.491 e. The first kappa shape index (κ1) is 22.3. The van der Waals surface area contributed by atoms with Crippen molar-refractivity contribution in [2.75, 3.05) is 40.4 Å². The van der Waals surface area contributed by atoms with Crippen molar-refractivity contribution in [1.82, 2.24) is 10.2 Å². The number of esters is 1. The Kier molecular flexibility index (Phi) is 8.35. The lowest BCUT2D eigenvalue weighted by atomic mass is 9.99. The molecule has 1 saturated heterocycles. The molecule has 0 radical (unpaired) electrons. The molecule has 1 heterocycles. The van der Waals surface area contributed by atoms with Crippen molar-refractivity contribution in [2.24, 2.45) is 16.8 Å². The van der Waals surface area contributed by atoms with Gasteiger partial charge >= 0.3 is 5.97 Å². The summed E-state index contributed by atoms with van der Waals surface area (Å²) in [5.74, 6) is 1.64. The summed E-state index contributed by atoms with van der Waals surface area (Å²) < 4.78 is 10.9. The van der Waals surface area contributed by atoms with Crippen LogP contribution in [0.3, 0.4) is 0 Å². The molecule has 2 aromatic carbocycles. The number of ether oxygens (including phenoxy) is 2. The lowest BCUT2D eigenvalue weighted by Gasteiger charge is -2.21. The van der Waals surface area contributed by atoms with Crippen LogP contribution in [-0.2, 0) is 9.53 Å². The minimum atomic E-state index is -0.153. The van der Waals surface area contributed by atoms with E-state index in [4.69, 9.17) is 9.47 Å². The molecule has 1 N–H and O–H groups in total. The van der Waals surface area contributed by atoms with Gasteiger partial charge in [-0.15, -0.1) is 24.0 Å². The third-order valence-electron chi connectivity index (χ3n) is 5.02. The van der Waals surface area contributed by atoms with Gasteiger partial charge in [0.05, 0.1) is 19.6 Å². The minimum Gasteiger partial charge on any atom is -0.491 e. The fourth-order valence-corrected chi connectivity index (χ4v) is 3.58. The molecule has 0 bridgehead atoms. The predicted octanol–water partition coefficient (Wildman–Crippen LogP) is 3.15. The van der Waals surface area contributed by atoms with E-state index in [1.54, 1.807) is 7.05 Å². The van der Waals surface area contributed by atoms with E-state index in [9.17, 15) is 4.79 Å². The van der Waals surface area contributed by atoms with E-state index in [0.717, 1.165) is 23.6 Å². The summed E-state index contributed by atoms with van der Waals surface area (Å²) in [5.41, 5.74) is 0. The Bertz CT molecular complexity index is 822. The first-order valence-corrected chi connectivity index (χ1v) is 9.28. The third-order valence-corrected chi connectivity index (χ3v) is 5.02. The van der Waals surface area contributed by atoms with Crippen LogP contribution in [0.25, 0.3) is 10.8 Å². The van der Waals surface area contributed by atoms with Crippen LogP contribution in [0.4, 0.5) is 0 Å². The van der Waals surface area contributed by atoms with Crippen LogP contribution in [0.1, 0.15) is 6.92 Å². The fourth-order valence-electron chi connectivity index (χ4n) is 3.58. The normalized spacial score (nSPS) is 19.2.